The molecule has 25 heavy (non-hydrogen) atoms. The molecule has 126 valence electrons. The maximum atomic E-state index is 6.01. The van der Waals surface area contributed by atoms with Crippen molar-refractivity contribution in [3.05, 3.63) is 58.6 Å². The molecule has 2 aromatic heterocycles. The number of hydrogen-bond donors (Lipinski definition) is 1. The van der Waals surface area contributed by atoms with E-state index in [-0.39, 0.29) is 0 Å². The third-order valence-electron chi connectivity index (χ3n) is 3.67. The fourth-order valence-corrected chi connectivity index (χ4v) is 4.29. The van der Waals surface area contributed by atoms with Gasteiger partial charge in [-0.3, -0.25) is 0 Å². The van der Waals surface area contributed by atoms with E-state index in [2.05, 4.69) is 15.3 Å². The number of methoxy groups -OCH3 is 1. The molecule has 4 aromatic rings. The third-order valence-corrected chi connectivity index (χ3v) is 5.75. The molecule has 4 nitrogen and oxygen atoms in total. The van der Waals surface area contributed by atoms with E-state index in [1.54, 1.807) is 30.2 Å². The fraction of sp³-hybridized carbons (Fsp3) is 0.111. The Labute approximate surface area is 158 Å². The number of halogens is 1. The van der Waals surface area contributed by atoms with Crippen molar-refractivity contribution < 1.29 is 4.74 Å². The molecule has 0 fully saturated rings. The molecule has 0 aliphatic heterocycles. The summed E-state index contributed by atoms with van der Waals surface area (Å²) in [6.07, 6.45) is 0. The monoisotopic (exact) mass is 387 g/mol. The average Bonchev–Trinajstić information content (AvgIpc) is 3.26. The van der Waals surface area contributed by atoms with Gasteiger partial charge in [-0.1, -0.05) is 23.4 Å². The Kier molecular flexibility index (Phi) is 4.65. The Bertz CT molecular complexity index is 1010. The van der Waals surface area contributed by atoms with Crippen LogP contribution in [0.2, 0.25) is 5.02 Å². The molecule has 0 amide bonds. The lowest BCUT2D eigenvalue weighted by Crippen LogP contribution is -1.84. The van der Waals surface area contributed by atoms with Crippen molar-refractivity contribution in [3.63, 3.8) is 0 Å². The van der Waals surface area contributed by atoms with Crippen LogP contribution < -0.4 is 4.74 Å². The number of rotatable bonds is 5. The van der Waals surface area contributed by atoms with Crippen molar-refractivity contribution >= 4 is 45.7 Å². The van der Waals surface area contributed by atoms with Gasteiger partial charge >= 0.3 is 0 Å². The van der Waals surface area contributed by atoms with Crippen LogP contribution in [0.1, 0.15) is 5.69 Å². The molecule has 4 rings (SSSR count). The molecule has 0 radical (unpaired) electrons. The fourth-order valence-electron chi connectivity index (χ4n) is 2.41. The highest BCUT2D eigenvalue weighted by atomic mass is 35.5. The zero-order valence-corrected chi connectivity index (χ0v) is 15.7. The molecule has 0 saturated heterocycles. The van der Waals surface area contributed by atoms with E-state index >= 15 is 0 Å². The quantitative estimate of drug-likeness (QED) is 0.450. The van der Waals surface area contributed by atoms with Gasteiger partial charge in [-0.05, 0) is 42.5 Å². The first-order valence-electron chi connectivity index (χ1n) is 7.58. The first kappa shape index (κ1) is 16.4. The minimum Gasteiger partial charge on any atom is -0.497 e. The van der Waals surface area contributed by atoms with Gasteiger partial charge in [-0.15, -0.1) is 11.3 Å². The second kappa shape index (κ2) is 7.07. The van der Waals surface area contributed by atoms with Gasteiger partial charge in [0.15, 0.2) is 5.16 Å². The van der Waals surface area contributed by atoms with Gasteiger partial charge in [0.1, 0.15) is 10.8 Å². The van der Waals surface area contributed by atoms with E-state index in [1.165, 1.54) is 0 Å². The highest BCUT2D eigenvalue weighted by Gasteiger charge is 2.08. The molecule has 0 atom stereocenters. The summed E-state index contributed by atoms with van der Waals surface area (Å²) in [5, 5.41) is 4.67. The zero-order valence-electron chi connectivity index (χ0n) is 13.3. The lowest BCUT2D eigenvalue weighted by atomic mass is 10.2. The summed E-state index contributed by atoms with van der Waals surface area (Å²) in [4.78, 5) is 12.6. The van der Waals surface area contributed by atoms with Crippen LogP contribution in [0.25, 0.3) is 21.6 Å². The Morgan fingerprint density at radius 3 is 2.80 bits per heavy atom. The van der Waals surface area contributed by atoms with E-state index < -0.39 is 0 Å². The molecule has 1 N–H and O–H groups in total. The lowest BCUT2D eigenvalue weighted by molar-refractivity contribution is 0.415. The van der Waals surface area contributed by atoms with Gasteiger partial charge in [-0.25, -0.2) is 9.97 Å². The van der Waals surface area contributed by atoms with Crippen LogP contribution in [-0.4, -0.2) is 22.1 Å². The molecule has 0 aliphatic carbocycles. The van der Waals surface area contributed by atoms with Crippen molar-refractivity contribution in [1.82, 2.24) is 15.0 Å². The predicted molar refractivity (Wildman–Crippen MR) is 105 cm³/mol. The van der Waals surface area contributed by atoms with Crippen LogP contribution in [-0.2, 0) is 5.75 Å². The molecule has 0 unspecified atom stereocenters. The summed E-state index contributed by atoms with van der Waals surface area (Å²) in [6, 6.07) is 13.6. The second-order valence-corrected chi connectivity index (χ2v) is 7.62. The van der Waals surface area contributed by atoms with Crippen molar-refractivity contribution in [2.24, 2.45) is 0 Å². The average molecular weight is 388 g/mol. The molecular weight excluding hydrogens is 374 g/mol. The summed E-state index contributed by atoms with van der Waals surface area (Å²) in [6.45, 7) is 0. The number of imidazole rings is 1. The third kappa shape index (κ3) is 3.66. The number of ether oxygens (including phenoxy) is 1. The molecule has 2 heterocycles. The van der Waals surface area contributed by atoms with Gasteiger partial charge in [0, 0.05) is 21.7 Å². The molecule has 7 heteroatoms. The van der Waals surface area contributed by atoms with Gasteiger partial charge in [0.05, 0.1) is 23.8 Å². The highest BCUT2D eigenvalue weighted by molar-refractivity contribution is 7.98. The topological polar surface area (TPSA) is 50.8 Å². The lowest BCUT2D eigenvalue weighted by Gasteiger charge is -2.00. The first-order valence-corrected chi connectivity index (χ1v) is 9.82. The summed E-state index contributed by atoms with van der Waals surface area (Å²) < 4.78 is 5.19. The number of H-pyrrole nitrogens is 1. The van der Waals surface area contributed by atoms with Crippen LogP contribution in [0.5, 0.6) is 5.75 Å². The molecule has 2 aromatic carbocycles. The van der Waals surface area contributed by atoms with Gasteiger partial charge in [0.2, 0.25) is 0 Å². The summed E-state index contributed by atoms with van der Waals surface area (Å²) in [7, 11) is 1.67. The van der Waals surface area contributed by atoms with Crippen molar-refractivity contribution in [3.8, 4) is 16.3 Å². The summed E-state index contributed by atoms with van der Waals surface area (Å²) in [5.41, 5.74) is 4.01. The van der Waals surface area contributed by atoms with E-state index in [9.17, 15) is 0 Å². The minimum absolute atomic E-state index is 0.705. The maximum Gasteiger partial charge on any atom is 0.166 e. The van der Waals surface area contributed by atoms with Crippen LogP contribution in [0.3, 0.4) is 0 Å². The molecular formula is C18H14ClN3OS2. The predicted octanol–water partition coefficient (Wildman–Crippen LogP) is 5.64. The molecule has 0 bridgehead atoms. The molecule has 0 saturated carbocycles. The van der Waals surface area contributed by atoms with E-state index in [1.807, 2.05) is 42.5 Å². The van der Waals surface area contributed by atoms with Crippen LogP contribution in [0.15, 0.2) is 53.0 Å². The summed E-state index contributed by atoms with van der Waals surface area (Å²) >= 11 is 9.29. The Morgan fingerprint density at radius 2 is 2.00 bits per heavy atom. The Balaban J connectivity index is 1.46. The largest absolute Gasteiger partial charge is 0.497 e. The van der Waals surface area contributed by atoms with Gasteiger partial charge < -0.3 is 9.72 Å². The van der Waals surface area contributed by atoms with E-state index in [0.717, 1.165) is 44.0 Å². The first-order chi connectivity index (χ1) is 12.2. The Morgan fingerprint density at radius 1 is 1.16 bits per heavy atom. The number of aromatic nitrogens is 3. The number of nitrogens with zero attached hydrogens (tertiary/aromatic N) is 2. The number of nitrogens with one attached hydrogen (secondary N) is 1. The van der Waals surface area contributed by atoms with Crippen molar-refractivity contribution in [2.75, 3.05) is 7.11 Å². The number of benzene rings is 2. The number of fused-ring (bicyclic) bond motifs is 1. The van der Waals surface area contributed by atoms with Crippen LogP contribution in [0.4, 0.5) is 0 Å². The zero-order chi connectivity index (χ0) is 17.2. The smallest absolute Gasteiger partial charge is 0.166 e. The van der Waals surface area contributed by atoms with Gasteiger partial charge in [-0.2, -0.15) is 0 Å². The van der Waals surface area contributed by atoms with Crippen molar-refractivity contribution in [2.45, 2.75) is 10.9 Å². The summed E-state index contributed by atoms with van der Waals surface area (Å²) in [5.74, 6) is 1.61. The highest BCUT2D eigenvalue weighted by Crippen LogP contribution is 2.29. The number of aromatic amines is 1. The minimum atomic E-state index is 0.705. The van der Waals surface area contributed by atoms with E-state index in [0.29, 0.717) is 5.02 Å². The molecule has 0 aliphatic rings. The normalized spacial score (nSPS) is 11.1. The van der Waals surface area contributed by atoms with Crippen LogP contribution >= 0.6 is 34.7 Å². The standard InChI is InChI=1S/C18H14ClN3OS2/c1-23-14-5-2-11(3-6-14)17-20-13(9-24-17)10-25-18-21-15-7-4-12(19)8-16(15)22-18/h2-9H,10H2,1H3,(H,21,22). The van der Waals surface area contributed by atoms with Crippen molar-refractivity contribution in [1.29, 1.82) is 0 Å². The number of thioether (sulfide) groups is 1. The van der Waals surface area contributed by atoms with Crippen LogP contribution in [0, 0.1) is 0 Å². The molecule has 0 spiro atoms. The Hall–Kier alpha value is -2.02. The second-order valence-electron chi connectivity index (χ2n) is 5.36. The van der Waals surface area contributed by atoms with E-state index in [4.69, 9.17) is 21.3 Å². The van der Waals surface area contributed by atoms with Gasteiger partial charge in [0.25, 0.3) is 0 Å². The number of hydrogen-bond acceptors (Lipinski definition) is 5. The SMILES string of the molecule is COc1ccc(-c2nc(CSc3nc4ccc(Cl)cc4[nH]3)cs2)cc1. The maximum absolute atomic E-state index is 6.01. The number of thiazole rings is 1.